The molecule has 4 heteroatoms. The van der Waals surface area contributed by atoms with Gasteiger partial charge in [0, 0.05) is 11.0 Å². The van der Waals surface area contributed by atoms with Gasteiger partial charge in [-0.1, -0.05) is 28.1 Å². The molecule has 0 saturated carbocycles. The number of halogens is 2. The Bertz CT molecular complexity index is 545. The highest BCUT2D eigenvalue weighted by molar-refractivity contribution is 9.10. The fourth-order valence-electron chi connectivity index (χ4n) is 1.61. The summed E-state index contributed by atoms with van der Waals surface area (Å²) in [5, 5.41) is 3.06. The van der Waals surface area contributed by atoms with Crippen LogP contribution >= 0.6 is 15.9 Å². The van der Waals surface area contributed by atoms with Crippen LogP contribution in [-0.2, 0) is 6.54 Å². The van der Waals surface area contributed by atoms with Crippen LogP contribution in [-0.4, -0.2) is 7.11 Å². The molecule has 0 aromatic heterocycles. The molecule has 18 heavy (non-hydrogen) atoms. The van der Waals surface area contributed by atoms with Crippen molar-refractivity contribution in [2.45, 2.75) is 6.54 Å². The van der Waals surface area contributed by atoms with Gasteiger partial charge < -0.3 is 10.1 Å². The summed E-state index contributed by atoms with van der Waals surface area (Å²) in [5.74, 6) is 0.528. The molecule has 2 aromatic rings. The van der Waals surface area contributed by atoms with E-state index >= 15 is 0 Å². The van der Waals surface area contributed by atoms with Gasteiger partial charge in [-0.15, -0.1) is 0 Å². The zero-order valence-corrected chi connectivity index (χ0v) is 11.5. The van der Waals surface area contributed by atoms with Crippen LogP contribution in [0.4, 0.5) is 10.1 Å². The van der Waals surface area contributed by atoms with Crippen LogP contribution < -0.4 is 10.1 Å². The zero-order valence-electron chi connectivity index (χ0n) is 9.91. The smallest absolute Gasteiger partial charge is 0.146 e. The van der Waals surface area contributed by atoms with Gasteiger partial charge in [-0.25, -0.2) is 4.39 Å². The number of rotatable bonds is 4. The summed E-state index contributed by atoms with van der Waals surface area (Å²) in [6, 6.07) is 12.3. The summed E-state index contributed by atoms with van der Waals surface area (Å²) < 4.78 is 19.6. The summed E-state index contributed by atoms with van der Waals surface area (Å²) in [6.45, 7) is 0.527. The molecule has 0 spiro atoms. The summed E-state index contributed by atoms with van der Waals surface area (Å²) in [6.07, 6.45) is 0. The van der Waals surface area contributed by atoms with E-state index in [1.807, 2.05) is 18.2 Å². The lowest BCUT2D eigenvalue weighted by Gasteiger charge is -2.10. The Labute approximate surface area is 114 Å². The number of para-hydroxylation sites is 1. The minimum atomic E-state index is -0.253. The molecule has 0 heterocycles. The van der Waals surface area contributed by atoms with E-state index in [1.54, 1.807) is 25.3 Å². The minimum absolute atomic E-state index is 0.253. The maximum Gasteiger partial charge on any atom is 0.146 e. The van der Waals surface area contributed by atoms with Crippen LogP contribution in [0, 0.1) is 5.82 Å². The molecule has 0 aliphatic carbocycles. The highest BCUT2D eigenvalue weighted by Gasteiger charge is 2.04. The Morgan fingerprint density at radius 3 is 2.72 bits per heavy atom. The first-order chi connectivity index (χ1) is 8.70. The van der Waals surface area contributed by atoms with E-state index in [2.05, 4.69) is 21.2 Å². The van der Waals surface area contributed by atoms with Crippen molar-refractivity contribution in [2.75, 3.05) is 12.4 Å². The molecule has 0 aliphatic rings. The maximum atomic E-state index is 13.4. The summed E-state index contributed by atoms with van der Waals surface area (Å²) in [4.78, 5) is 0. The Morgan fingerprint density at radius 2 is 2.00 bits per heavy atom. The molecule has 0 saturated heterocycles. The second kappa shape index (κ2) is 5.87. The lowest BCUT2D eigenvalue weighted by molar-refractivity contribution is 0.414. The third kappa shape index (κ3) is 3.01. The second-order valence-corrected chi connectivity index (χ2v) is 4.65. The topological polar surface area (TPSA) is 21.3 Å². The van der Waals surface area contributed by atoms with Crippen molar-refractivity contribution in [3.63, 3.8) is 0 Å². The quantitative estimate of drug-likeness (QED) is 0.913. The van der Waals surface area contributed by atoms with Crippen molar-refractivity contribution in [3.05, 3.63) is 58.3 Å². The van der Waals surface area contributed by atoms with Crippen LogP contribution in [0.1, 0.15) is 5.56 Å². The molecule has 2 rings (SSSR count). The monoisotopic (exact) mass is 309 g/mol. The number of nitrogens with one attached hydrogen (secondary N) is 1. The fourth-order valence-corrected chi connectivity index (χ4v) is 2.00. The maximum absolute atomic E-state index is 13.4. The Balaban J connectivity index is 2.13. The molecule has 0 atom stereocenters. The lowest BCUT2D eigenvalue weighted by atomic mass is 10.2. The lowest BCUT2D eigenvalue weighted by Crippen LogP contribution is -2.02. The SMILES string of the molecule is COc1ccc(Br)c(CNc2ccccc2F)c1. The molecule has 2 aromatic carbocycles. The molecule has 0 unspecified atom stereocenters. The molecular formula is C14H13BrFNO. The van der Waals surface area contributed by atoms with Crippen LogP contribution in [0.2, 0.25) is 0 Å². The van der Waals surface area contributed by atoms with E-state index in [0.717, 1.165) is 15.8 Å². The highest BCUT2D eigenvalue weighted by Crippen LogP contribution is 2.23. The van der Waals surface area contributed by atoms with Gasteiger partial charge in [0.1, 0.15) is 11.6 Å². The first-order valence-electron chi connectivity index (χ1n) is 5.51. The first-order valence-corrected chi connectivity index (χ1v) is 6.31. The fraction of sp³-hybridized carbons (Fsp3) is 0.143. The zero-order chi connectivity index (χ0) is 13.0. The average molecular weight is 310 g/mol. The van der Waals surface area contributed by atoms with E-state index in [1.165, 1.54) is 6.07 Å². The highest BCUT2D eigenvalue weighted by atomic mass is 79.9. The van der Waals surface area contributed by atoms with E-state index in [4.69, 9.17) is 4.74 Å². The van der Waals surface area contributed by atoms with E-state index in [-0.39, 0.29) is 5.82 Å². The van der Waals surface area contributed by atoms with Gasteiger partial charge in [-0.05, 0) is 35.9 Å². The molecule has 0 aliphatic heterocycles. The van der Waals surface area contributed by atoms with E-state index < -0.39 is 0 Å². The molecule has 0 amide bonds. The number of methoxy groups -OCH3 is 1. The van der Waals surface area contributed by atoms with Crippen molar-refractivity contribution >= 4 is 21.6 Å². The van der Waals surface area contributed by atoms with Crippen molar-refractivity contribution in [1.82, 2.24) is 0 Å². The molecule has 94 valence electrons. The van der Waals surface area contributed by atoms with Crippen molar-refractivity contribution in [2.24, 2.45) is 0 Å². The van der Waals surface area contributed by atoms with Gasteiger partial charge in [-0.2, -0.15) is 0 Å². The minimum Gasteiger partial charge on any atom is -0.497 e. The third-order valence-corrected chi connectivity index (χ3v) is 3.37. The standard InChI is InChI=1S/C14H13BrFNO/c1-18-11-6-7-12(15)10(8-11)9-17-14-5-3-2-4-13(14)16/h2-8,17H,9H2,1H3. The van der Waals surface area contributed by atoms with Gasteiger partial charge in [0.05, 0.1) is 12.8 Å². The average Bonchev–Trinajstić information content (AvgIpc) is 2.39. The van der Waals surface area contributed by atoms with Crippen molar-refractivity contribution in [3.8, 4) is 5.75 Å². The Kier molecular flexibility index (Phi) is 4.20. The van der Waals surface area contributed by atoms with Crippen LogP contribution in [0.15, 0.2) is 46.9 Å². The van der Waals surface area contributed by atoms with E-state index in [0.29, 0.717) is 12.2 Å². The number of ether oxygens (including phenoxy) is 1. The molecule has 0 bridgehead atoms. The summed E-state index contributed by atoms with van der Waals surface area (Å²) >= 11 is 3.46. The normalized spacial score (nSPS) is 10.2. The third-order valence-electron chi connectivity index (χ3n) is 2.60. The predicted octanol–water partition coefficient (Wildman–Crippen LogP) is 4.21. The van der Waals surface area contributed by atoms with Crippen LogP contribution in [0.3, 0.4) is 0 Å². The van der Waals surface area contributed by atoms with Crippen LogP contribution in [0.5, 0.6) is 5.75 Å². The van der Waals surface area contributed by atoms with Gasteiger partial charge in [0.2, 0.25) is 0 Å². The molecule has 0 radical (unpaired) electrons. The Hall–Kier alpha value is -1.55. The number of anilines is 1. The van der Waals surface area contributed by atoms with Gasteiger partial charge in [0.25, 0.3) is 0 Å². The molecule has 0 fully saturated rings. The van der Waals surface area contributed by atoms with Gasteiger partial charge >= 0.3 is 0 Å². The van der Waals surface area contributed by atoms with Crippen molar-refractivity contribution < 1.29 is 9.13 Å². The van der Waals surface area contributed by atoms with Gasteiger partial charge in [-0.3, -0.25) is 0 Å². The molecular weight excluding hydrogens is 297 g/mol. The number of hydrogen-bond donors (Lipinski definition) is 1. The molecule has 2 nitrogen and oxygen atoms in total. The number of hydrogen-bond acceptors (Lipinski definition) is 2. The number of benzene rings is 2. The summed E-state index contributed by atoms with van der Waals surface area (Å²) in [7, 11) is 1.62. The first kappa shape index (κ1) is 12.9. The van der Waals surface area contributed by atoms with Gasteiger partial charge in [0.15, 0.2) is 0 Å². The van der Waals surface area contributed by atoms with E-state index in [9.17, 15) is 4.39 Å². The van der Waals surface area contributed by atoms with Crippen molar-refractivity contribution in [1.29, 1.82) is 0 Å². The second-order valence-electron chi connectivity index (χ2n) is 3.79. The predicted molar refractivity (Wildman–Crippen MR) is 74.4 cm³/mol. The molecule has 1 N–H and O–H groups in total. The summed E-state index contributed by atoms with van der Waals surface area (Å²) in [5.41, 5.74) is 1.50. The Morgan fingerprint density at radius 1 is 1.22 bits per heavy atom. The largest absolute Gasteiger partial charge is 0.497 e. The van der Waals surface area contributed by atoms with Crippen LogP contribution in [0.25, 0.3) is 0 Å².